The van der Waals surface area contributed by atoms with E-state index in [9.17, 15) is 4.79 Å². The number of aromatic nitrogens is 2. The Morgan fingerprint density at radius 1 is 1.28 bits per heavy atom. The van der Waals surface area contributed by atoms with Gasteiger partial charge in [0.15, 0.2) is 0 Å². The first-order valence-electron chi connectivity index (χ1n) is 8.84. The second-order valence-electron chi connectivity index (χ2n) is 6.98. The van der Waals surface area contributed by atoms with Crippen molar-refractivity contribution in [3.05, 3.63) is 47.8 Å². The lowest BCUT2D eigenvalue weighted by atomic mass is 10.2. The summed E-state index contributed by atoms with van der Waals surface area (Å²) >= 11 is 0. The number of hydrogen-bond donors (Lipinski definition) is 2. The molecule has 1 aliphatic rings. The van der Waals surface area contributed by atoms with Crippen LogP contribution in [0, 0.1) is 6.92 Å². The molecule has 134 valence electrons. The molecule has 6 nitrogen and oxygen atoms in total. The molecule has 3 rings (SSSR count). The molecule has 0 bridgehead atoms. The lowest BCUT2D eigenvalue weighted by Gasteiger charge is -2.19. The van der Waals surface area contributed by atoms with Crippen LogP contribution in [0.3, 0.4) is 0 Å². The number of nitrogens with zero attached hydrogens (tertiary/aromatic N) is 3. The third-order valence-corrected chi connectivity index (χ3v) is 4.87. The topological polar surface area (TPSA) is 62.2 Å². The fourth-order valence-electron chi connectivity index (χ4n) is 3.40. The van der Waals surface area contributed by atoms with Crippen molar-refractivity contribution in [2.75, 3.05) is 14.1 Å². The zero-order chi connectivity index (χ0) is 17.8. The quantitative estimate of drug-likeness (QED) is 0.878. The lowest BCUT2D eigenvalue weighted by Crippen LogP contribution is -2.41. The number of hydrogen-bond acceptors (Lipinski definition) is 3. The maximum absolute atomic E-state index is 12.2. The summed E-state index contributed by atoms with van der Waals surface area (Å²) in [6.07, 6.45) is 5.14. The number of amides is 2. The van der Waals surface area contributed by atoms with Crippen LogP contribution in [0.25, 0.3) is 5.69 Å². The fraction of sp³-hybridized carbons (Fsp3) is 0.474. The molecule has 0 radical (unpaired) electrons. The number of aryl methyl sites for hydroxylation is 1. The third kappa shape index (κ3) is 4.39. The summed E-state index contributed by atoms with van der Waals surface area (Å²) in [5, 5.41) is 10.5. The van der Waals surface area contributed by atoms with Gasteiger partial charge in [-0.3, -0.25) is 0 Å². The highest BCUT2D eigenvalue weighted by Crippen LogP contribution is 2.22. The van der Waals surface area contributed by atoms with Gasteiger partial charge in [-0.2, -0.15) is 5.10 Å². The molecule has 1 aromatic carbocycles. The van der Waals surface area contributed by atoms with Crippen molar-refractivity contribution in [3.8, 4) is 5.69 Å². The maximum atomic E-state index is 12.2. The van der Waals surface area contributed by atoms with Crippen molar-refractivity contribution in [2.24, 2.45) is 0 Å². The van der Waals surface area contributed by atoms with Crippen LogP contribution in [-0.2, 0) is 6.54 Å². The van der Waals surface area contributed by atoms with E-state index in [1.54, 1.807) is 0 Å². The number of nitrogens with one attached hydrogen (secondary N) is 2. The first-order chi connectivity index (χ1) is 12.0. The Hall–Kier alpha value is -2.34. The molecule has 2 aromatic rings. The predicted octanol–water partition coefficient (Wildman–Crippen LogP) is 2.46. The van der Waals surface area contributed by atoms with Crippen molar-refractivity contribution >= 4 is 6.03 Å². The molecule has 2 N–H and O–H groups in total. The molecule has 1 aliphatic carbocycles. The molecular weight excluding hydrogens is 314 g/mol. The van der Waals surface area contributed by atoms with E-state index < -0.39 is 0 Å². The minimum absolute atomic E-state index is 0.101. The molecular formula is C19H27N5O. The summed E-state index contributed by atoms with van der Waals surface area (Å²) in [6.45, 7) is 2.44. The second kappa shape index (κ2) is 7.70. The Morgan fingerprint density at radius 3 is 2.76 bits per heavy atom. The molecule has 2 atom stereocenters. The van der Waals surface area contributed by atoms with Gasteiger partial charge in [-0.1, -0.05) is 18.2 Å². The van der Waals surface area contributed by atoms with Crippen molar-refractivity contribution < 1.29 is 4.79 Å². The van der Waals surface area contributed by atoms with Crippen LogP contribution in [0.1, 0.15) is 30.5 Å². The highest BCUT2D eigenvalue weighted by atomic mass is 16.2. The Morgan fingerprint density at radius 2 is 2.08 bits per heavy atom. The number of rotatable bonds is 5. The summed E-state index contributed by atoms with van der Waals surface area (Å²) in [6, 6.07) is 10.7. The van der Waals surface area contributed by atoms with Crippen LogP contribution in [-0.4, -0.2) is 46.9 Å². The largest absolute Gasteiger partial charge is 0.335 e. The zero-order valence-electron chi connectivity index (χ0n) is 15.2. The number of urea groups is 1. The average Bonchev–Trinajstić information content (AvgIpc) is 3.22. The first kappa shape index (κ1) is 17.5. The molecule has 1 aromatic heterocycles. The number of para-hydroxylation sites is 1. The molecule has 0 aliphatic heterocycles. The maximum Gasteiger partial charge on any atom is 0.315 e. The van der Waals surface area contributed by atoms with Gasteiger partial charge in [0.05, 0.1) is 11.4 Å². The van der Waals surface area contributed by atoms with Gasteiger partial charge in [-0.05, 0) is 58.0 Å². The van der Waals surface area contributed by atoms with E-state index in [0.717, 1.165) is 36.2 Å². The van der Waals surface area contributed by atoms with E-state index >= 15 is 0 Å². The molecule has 1 fully saturated rings. The monoisotopic (exact) mass is 341 g/mol. The highest BCUT2D eigenvalue weighted by Gasteiger charge is 2.26. The van der Waals surface area contributed by atoms with Gasteiger partial charge in [-0.25, -0.2) is 9.48 Å². The Labute approximate surface area is 149 Å². The molecule has 25 heavy (non-hydrogen) atoms. The Bertz CT molecular complexity index is 724. The summed E-state index contributed by atoms with van der Waals surface area (Å²) < 4.78 is 1.85. The predicted molar refractivity (Wildman–Crippen MR) is 98.8 cm³/mol. The van der Waals surface area contributed by atoms with Crippen molar-refractivity contribution in [1.29, 1.82) is 0 Å². The Balaban J connectivity index is 1.56. The van der Waals surface area contributed by atoms with E-state index in [-0.39, 0.29) is 12.1 Å². The van der Waals surface area contributed by atoms with Gasteiger partial charge in [-0.15, -0.1) is 0 Å². The van der Waals surface area contributed by atoms with Crippen LogP contribution in [0.15, 0.2) is 36.5 Å². The molecule has 6 heteroatoms. The van der Waals surface area contributed by atoms with E-state index in [1.165, 1.54) is 0 Å². The van der Waals surface area contributed by atoms with E-state index in [4.69, 9.17) is 0 Å². The number of carbonyl (C=O) groups is 1. The number of benzene rings is 1. The summed E-state index contributed by atoms with van der Waals surface area (Å²) in [4.78, 5) is 14.5. The van der Waals surface area contributed by atoms with Crippen LogP contribution in [0.4, 0.5) is 4.79 Å². The summed E-state index contributed by atoms with van der Waals surface area (Å²) in [5.74, 6) is 0. The van der Waals surface area contributed by atoms with Crippen LogP contribution < -0.4 is 10.6 Å². The average molecular weight is 341 g/mol. The fourth-order valence-corrected chi connectivity index (χ4v) is 3.40. The van der Waals surface area contributed by atoms with E-state index in [1.807, 2.05) is 48.1 Å². The van der Waals surface area contributed by atoms with E-state index in [0.29, 0.717) is 12.6 Å². The van der Waals surface area contributed by atoms with Gasteiger partial charge in [0.25, 0.3) is 0 Å². The van der Waals surface area contributed by atoms with Crippen molar-refractivity contribution in [2.45, 2.75) is 44.8 Å². The molecule has 1 saturated carbocycles. The number of carbonyl (C=O) groups excluding carboxylic acids is 1. The lowest BCUT2D eigenvalue weighted by molar-refractivity contribution is 0.235. The van der Waals surface area contributed by atoms with Crippen LogP contribution >= 0.6 is 0 Å². The van der Waals surface area contributed by atoms with E-state index in [2.05, 4.69) is 34.7 Å². The second-order valence-corrected chi connectivity index (χ2v) is 6.98. The molecule has 0 unspecified atom stereocenters. The van der Waals surface area contributed by atoms with Gasteiger partial charge >= 0.3 is 6.03 Å². The minimum Gasteiger partial charge on any atom is -0.335 e. The molecule has 1 heterocycles. The highest BCUT2D eigenvalue weighted by molar-refractivity contribution is 5.74. The van der Waals surface area contributed by atoms with Gasteiger partial charge < -0.3 is 15.5 Å². The normalized spacial score (nSPS) is 20.0. The van der Waals surface area contributed by atoms with Crippen molar-refractivity contribution in [3.63, 3.8) is 0 Å². The standard InChI is InChI=1S/C19H27N5O/c1-14-10-11-24(22-14)18-7-5-4-6-15(18)13-20-19(25)21-16-8-9-17(12-16)23(2)3/h4-7,10-11,16-17H,8-9,12-13H2,1-3H3,(H2,20,21,25)/t16-,17+/m1/s1. The van der Waals surface area contributed by atoms with Crippen LogP contribution in [0.5, 0.6) is 0 Å². The smallest absolute Gasteiger partial charge is 0.315 e. The third-order valence-electron chi connectivity index (χ3n) is 4.87. The molecule has 0 saturated heterocycles. The molecule has 0 spiro atoms. The molecule has 2 amide bonds. The van der Waals surface area contributed by atoms with Crippen LogP contribution in [0.2, 0.25) is 0 Å². The summed E-state index contributed by atoms with van der Waals surface area (Å²) in [7, 11) is 4.20. The van der Waals surface area contributed by atoms with Gasteiger partial charge in [0.2, 0.25) is 0 Å². The first-order valence-corrected chi connectivity index (χ1v) is 8.84. The van der Waals surface area contributed by atoms with Gasteiger partial charge in [0, 0.05) is 24.8 Å². The SMILES string of the molecule is Cc1ccn(-c2ccccc2CNC(=O)N[C@@H]2CC[C@H](N(C)C)C2)n1. The minimum atomic E-state index is -0.101. The Kier molecular flexibility index (Phi) is 5.38. The zero-order valence-corrected chi connectivity index (χ0v) is 15.2. The summed E-state index contributed by atoms with van der Waals surface area (Å²) in [5.41, 5.74) is 3.00. The van der Waals surface area contributed by atoms with Crippen molar-refractivity contribution in [1.82, 2.24) is 25.3 Å². The van der Waals surface area contributed by atoms with Gasteiger partial charge in [0.1, 0.15) is 0 Å².